The average molecular weight is 155 g/mol. The number of carbonyl (C=O) groups is 1. The third-order valence-corrected chi connectivity index (χ3v) is 3.01. The van der Waals surface area contributed by atoms with Crippen LogP contribution in [0.4, 0.5) is 0 Å². The van der Waals surface area contributed by atoms with E-state index in [0.29, 0.717) is 5.92 Å². The number of hydrogen-bond acceptors (Lipinski definition) is 3. The van der Waals surface area contributed by atoms with Crippen LogP contribution in [0.3, 0.4) is 0 Å². The van der Waals surface area contributed by atoms with Crippen LogP contribution in [0.15, 0.2) is 0 Å². The maximum atomic E-state index is 10.6. The summed E-state index contributed by atoms with van der Waals surface area (Å²) in [4.78, 5) is 10.6. The molecule has 0 heterocycles. The van der Waals surface area contributed by atoms with Gasteiger partial charge in [-0.1, -0.05) is 0 Å². The number of nitrogens with two attached hydrogens (primary N) is 1. The first-order chi connectivity index (χ1) is 5.12. The first kappa shape index (κ1) is 7.10. The Balaban J connectivity index is 1.88. The summed E-state index contributed by atoms with van der Waals surface area (Å²) in [5.41, 5.74) is 5.97. The molecule has 2 rings (SSSR count). The lowest BCUT2D eigenvalue weighted by Crippen LogP contribution is -2.70. The third-order valence-electron chi connectivity index (χ3n) is 3.01. The normalized spacial score (nSPS) is 46.7. The number of carbonyl (C=O) groups excluding carboxylic acids is 1. The molecule has 0 aromatic heterocycles. The van der Waals surface area contributed by atoms with Gasteiger partial charge in [0.2, 0.25) is 0 Å². The number of ether oxygens (including phenoxy) is 1. The van der Waals surface area contributed by atoms with Gasteiger partial charge in [0, 0.05) is 24.8 Å². The van der Waals surface area contributed by atoms with Crippen molar-refractivity contribution in [1.29, 1.82) is 0 Å². The molecule has 0 aromatic carbocycles. The van der Waals surface area contributed by atoms with E-state index >= 15 is 0 Å². The Labute approximate surface area is 65.9 Å². The van der Waals surface area contributed by atoms with Crippen molar-refractivity contribution in [3.63, 3.8) is 0 Å². The summed E-state index contributed by atoms with van der Waals surface area (Å²) in [6, 6.07) is 0. The second-order valence-electron chi connectivity index (χ2n) is 3.73. The molecule has 3 nitrogen and oxygen atoms in total. The van der Waals surface area contributed by atoms with E-state index in [4.69, 9.17) is 10.5 Å². The maximum Gasteiger partial charge on any atom is 0.302 e. The topological polar surface area (TPSA) is 52.3 Å². The van der Waals surface area contributed by atoms with Crippen LogP contribution in [-0.2, 0) is 9.53 Å². The highest BCUT2D eigenvalue weighted by Crippen LogP contribution is 2.53. The first-order valence-electron chi connectivity index (χ1n) is 4.08. The molecule has 0 aromatic rings. The van der Waals surface area contributed by atoms with Crippen molar-refractivity contribution in [1.82, 2.24) is 0 Å². The molecule has 3 unspecified atom stereocenters. The van der Waals surface area contributed by atoms with Crippen LogP contribution < -0.4 is 5.73 Å². The van der Waals surface area contributed by atoms with E-state index < -0.39 is 0 Å². The fraction of sp³-hybridized carbons (Fsp3) is 0.875. The van der Waals surface area contributed by atoms with E-state index in [1.165, 1.54) is 6.92 Å². The van der Waals surface area contributed by atoms with Crippen molar-refractivity contribution in [3.05, 3.63) is 0 Å². The van der Waals surface area contributed by atoms with Crippen molar-refractivity contribution >= 4 is 5.97 Å². The molecule has 0 aliphatic heterocycles. The number of rotatable bonds is 1. The van der Waals surface area contributed by atoms with E-state index in [2.05, 4.69) is 0 Å². The van der Waals surface area contributed by atoms with E-state index in [1.54, 1.807) is 0 Å². The lowest BCUT2D eigenvalue weighted by atomic mass is 9.52. The smallest absolute Gasteiger partial charge is 0.302 e. The minimum Gasteiger partial charge on any atom is -0.462 e. The summed E-state index contributed by atoms with van der Waals surface area (Å²) >= 11 is 0. The number of esters is 1. The third kappa shape index (κ3) is 0.872. The van der Waals surface area contributed by atoms with Crippen LogP contribution in [0, 0.1) is 5.92 Å². The Hall–Kier alpha value is -0.570. The molecule has 0 saturated heterocycles. The van der Waals surface area contributed by atoms with E-state index in [9.17, 15) is 4.79 Å². The van der Waals surface area contributed by atoms with Crippen LogP contribution in [0.5, 0.6) is 0 Å². The highest BCUT2D eigenvalue weighted by Gasteiger charge is 2.59. The zero-order valence-electron chi connectivity index (χ0n) is 6.67. The van der Waals surface area contributed by atoms with Crippen molar-refractivity contribution in [3.8, 4) is 0 Å². The summed E-state index contributed by atoms with van der Waals surface area (Å²) in [6.07, 6.45) is 3.24. The van der Waals surface area contributed by atoms with Gasteiger partial charge in [0.05, 0.1) is 0 Å². The number of hydrogen-bond donors (Lipinski definition) is 1. The molecular formula is C8H13NO2. The molecule has 11 heavy (non-hydrogen) atoms. The molecule has 2 N–H and O–H groups in total. The van der Waals surface area contributed by atoms with Crippen molar-refractivity contribution in [2.45, 2.75) is 37.8 Å². The molecule has 0 amide bonds. The predicted molar refractivity (Wildman–Crippen MR) is 39.8 cm³/mol. The molecule has 2 aliphatic carbocycles. The minimum absolute atomic E-state index is 0.0418. The fourth-order valence-electron chi connectivity index (χ4n) is 2.18. The van der Waals surface area contributed by atoms with Crippen LogP contribution in [0.2, 0.25) is 0 Å². The second-order valence-corrected chi connectivity index (χ2v) is 3.73. The second kappa shape index (κ2) is 1.97. The monoisotopic (exact) mass is 155 g/mol. The maximum absolute atomic E-state index is 10.6. The van der Waals surface area contributed by atoms with Crippen molar-refractivity contribution in [2.24, 2.45) is 11.7 Å². The van der Waals surface area contributed by atoms with Gasteiger partial charge in [-0.2, -0.15) is 0 Å². The van der Waals surface area contributed by atoms with E-state index in [-0.39, 0.29) is 17.6 Å². The molecular weight excluding hydrogens is 142 g/mol. The molecule has 3 heteroatoms. The molecule has 2 fully saturated rings. The van der Waals surface area contributed by atoms with Crippen molar-refractivity contribution < 1.29 is 9.53 Å². The average Bonchev–Trinajstić information content (AvgIpc) is 1.85. The van der Waals surface area contributed by atoms with Crippen LogP contribution in [0.1, 0.15) is 26.2 Å². The molecule has 2 aliphatic rings. The Morgan fingerprint density at radius 3 is 2.73 bits per heavy atom. The summed E-state index contributed by atoms with van der Waals surface area (Å²) in [7, 11) is 0. The van der Waals surface area contributed by atoms with Gasteiger partial charge in [0.1, 0.15) is 6.10 Å². The molecule has 62 valence electrons. The Morgan fingerprint density at radius 1 is 1.73 bits per heavy atom. The number of fused-ring (bicyclic) bond motifs is 1. The Kier molecular flexibility index (Phi) is 1.27. The van der Waals surface area contributed by atoms with Gasteiger partial charge in [-0.3, -0.25) is 4.79 Å². The Morgan fingerprint density at radius 2 is 2.45 bits per heavy atom. The predicted octanol–water partition coefficient (Wildman–Crippen LogP) is 0.429. The quantitative estimate of drug-likeness (QED) is 0.559. The molecule has 0 radical (unpaired) electrons. The van der Waals surface area contributed by atoms with Crippen LogP contribution in [-0.4, -0.2) is 17.6 Å². The highest BCUT2D eigenvalue weighted by molar-refractivity contribution is 5.66. The molecule has 3 atom stereocenters. The van der Waals surface area contributed by atoms with E-state index in [1.807, 2.05) is 0 Å². The minimum atomic E-state index is -0.177. The lowest BCUT2D eigenvalue weighted by molar-refractivity contribution is -0.176. The molecule has 0 spiro atoms. The van der Waals surface area contributed by atoms with Gasteiger partial charge in [0.15, 0.2) is 0 Å². The fourth-order valence-corrected chi connectivity index (χ4v) is 2.18. The summed E-state index contributed by atoms with van der Waals surface area (Å²) in [5.74, 6) is 0.287. The summed E-state index contributed by atoms with van der Waals surface area (Å²) in [5, 5.41) is 0. The zero-order valence-corrected chi connectivity index (χ0v) is 6.67. The van der Waals surface area contributed by atoms with Gasteiger partial charge in [-0.25, -0.2) is 0 Å². The van der Waals surface area contributed by atoms with Gasteiger partial charge >= 0.3 is 5.97 Å². The highest BCUT2D eigenvalue weighted by atomic mass is 16.5. The molecule has 0 bridgehead atoms. The van der Waals surface area contributed by atoms with Gasteiger partial charge < -0.3 is 10.5 Å². The van der Waals surface area contributed by atoms with Gasteiger partial charge in [-0.15, -0.1) is 0 Å². The molecule has 2 saturated carbocycles. The zero-order chi connectivity index (χ0) is 8.06. The van der Waals surface area contributed by atoms with Gasteiger partial charge in [0.25, 0.3) is 0 Å². The summed E-state index contributed by atoms with van der Waals surface area (Å²) < 4.78 is 5.07. The van der Waals surface area contributed by atoms with Crippen molar-refractivity contribution in [2.75, 3.05) is 0 Å². The van der Waals surface area contributed by atoms with Crippen LogP contribution in [0.25, 0.3) is 0 Å². The standard InChI is InChI=1S/C8H13NO2/c1-5(10)11-7-4-8(9)3-2-6(7)8/h6-7H,2-4,9H2,1H3. The first-order valence-corrected chi connectivity index (χ1v) is 4.08. The summed E-state index contributed by atoms with van der Waals surface area (Å²) in [6.45, 7) is 1.45. The SMILES string of the molecule is CC(=O)OC1CC2(N)CCC12. The van der Waals surface area contributed by atoms with Crippen LogP contribution >= 0.6 is 0 Å². The largest absolute Gasteiger partial charge is 0.462 e. The Bertz CT molecular complexity index is 204. The van der Waals surface area contributed by atoms with Gasteiger partial charge in [-0.05, 0) is 12.8 Å². The van der Waals surface area contributed by atoms with E-state index in [0.717, 1.165) is 19.3 Å². The lowest BCUT2D eigenvalue weighted by Gasteiger charge is -2.60.